The van der Waals surface area contributed by atoms with Crippen molar-refractivity contribution in [3.05, 3.63) is 81.6 Å². The van der Waals surface area contributed by atoms with Gasteiger partial charge in [-0.25, -0.2) is 0 Å². The van der Waals surface area contributed by atoms with Crippen molar-refractivity contribution in [2.24, 2.45) is 0 Å². The normalized spacial score (nSPS) is 11.6. The minimum atomic E-state index is -0.554. The molecule has 11 heteroatoms. The highest BCUT2D eigenvalue weighted by Crippen LogP contribution is 2.28. The number of hydrogen-bond donors (Lipinski definition) is 1. The van der Waals surface area contributed by atoms with Crippen molar-refractivity contribution in [2.75, 3.05) is 11.1 Å². The molecule has 0 saturated carbocycles. The molecule has 9 nitrogen and oxygen atoms in total. The zero-order valence-electron chi connectivity index (χ0n) is 18.7. The number of nitro groups is 1. The summed E-state index contributed by atoms with van der Waals surface area (Å²) in [6.07, 6.45) is 2.28. The maximum absolute atomic E-state index is 12.5. The largest absolute Gasteiger partial charge is 0.483 e. The maximum Gasteiger partial charge on any atom is 0.271 e. The topological polar surface area (TPSA) is 112 Å². The van der Waals surface area contributed by atoms with Crippen LogP contribution in [0.3, 0.4) is 0 Å². The van der Waals surface area contributed by atoms with Crippen molar-refractivity contribution in [1.82, 2.24) is 14.8 Å². The number of amides is 1. The summed E-state index contributed by atoms with van der Waals surface area (Å²) in [5, 5.41) is 22.8. The van der Waals surface area contributed by atoms with Crippen LogP contribution in [-0.4, -0.2) is 31.3 Å². The summed E-state index contributed by atoms with van der Waals surface area (Å²) < 4.78 is 7.86. The minimum Gasteiger partial charge on any atom is -0.483 e. The molecule has 0 fully saturated rings. The van der Waals surface area contributed by atoms with E-state index >= 15 is 0 Å². The van der Waals surface area contributed by atoms with Gasteiger partial charge in [0.25, 0.3) is 5.69 Å². The van der Waals surface area contributed by atoms with Gasteiger partial charge in [0.2, 0.25) is 5.91 Å². The molecule has 0 aliphatic heterocycles. The molecule has 1 heterocycles. The highest BCUT2D eigenvalue weighted by atomic mass is 35.5. The average molecular weight is 502 g/mol. The lowest BCUT2D eigenvalue weighted by atomic mass is 10.2. The monoisotopic (exact) mass is 501 g/mol. The Balaban J connectivity index is 1.68. The molecule has 1 unspecified atom stereocenters. The van der Waals surface area contributed by atoms with Gasteiger partial charge in [-0.05, 0) is 37.1 Å². The van der Waals surface area contributed by atoms with Crippen LogP contribution >= 0.6 is 23.4 Å². The number of aromatic nitrogens is 3. The van der Waals surface area contributed by atoms with Gasteiger partial charge in [-0.2, -0.15) is 0 Å². The predicted octanol–water partition coefficient (Wildman–Crippen LogP) is 5.46. The second kappa shape index (κ2) is 11.7. The third-order valence-corrected chi connectivity index (χ3v) is 6.13. The van der Waals surface area contributed by atoms with Crippen LogP contribution < -0.4 is 10.1 Å². The molecule has 1 N–H and O–H groups in total. The molecule has 1 amide bonds. The number of allylic oxidation sites excluding steroid dienone is 1. The molecule has 2 aromatic carbocycles. The minimum absolute atomic E-state index is 0.00200. The highest BCUT2D eigenvalue weighted by molar-refractivity contribution is 7.99. The summed E-state index contributed by atoms with van der Waals surface area (Å²) in [5.41, 5.74) is 1.23. The fourth-order valence-electron chi connectivity index (χ4n) is 3.11. The first-order valence-corrected chi connectivity index (χ1v) is 11.8. The number of anilines is 1. The van der Waals surface area contributed by atoms with Crippen molar-refractivity contribution in [3.63, 3.8) is 0 Å². The molecular formula is C23H24ClN5O4S. The summed E-state index contributed by atoms with van der Waals surface area (Å²) in [7, 11) is 0. The molecule has 3 rings (SSSR count). The Labute approximate surface area is 206 Å². The SMILES string of the molecule is C=CCn1c(SCC(=O)Nc2cc([N+](=O)[O-])ccc2Cl)nnc1C(C)Oc1ccc(CC)cc1. The van der Waals surface area contributed by atoms with E-state index in [4.69, 9.17) is 16.3 Å². The number of ether oxygens (including phenoxy) is 1. The van der Waals surface area contributed by atoms with Crippen LogP contribution in [0.2, 0.25) is 5.02 Å². The van der Waals surface area contributed by atoms with Gasteiger partial charge in [0.15, 0.2) is 17.1 Å². The van der Waals surface area contributed by atoms with Crippen molar-refractivity contribution in [3.8, 4) is 5.75 Å². The number of nitrogens with one attached hydrogen (secondary N) is 1. The van der Waals surface area contributed by atoms with Crippen LogP contribution in [0.25, 0.3) is 0 Å². The maximum atomic E-state index is 12.5. The number of rotatable bonds is 11. The van der Waals surface area contributed by atoms with Crippen LogP contribution in [0, 0.1) is 10.1 Å². The molecule has 178 valence electrons. The molecule has 34 heavy (non-hydrogen) atoms. The van der Waals surface area contributed by atoms with E-state index in [-0.39, 0.29) is 34.2 Å². The van der Waals surface area contributed by atoms with Crippen molar-refractivity contribution >= 4 is 40.6 Å². The van der Waals surface area contributed by atoms with Gasteiger partial charge in [0.1, 0.15) is 5.75 Å². The van der Waals surface area contributed by atoms with E-state index in [1.807, 2.05) is 35.8 Å². The number of nitro benzene ring substituents is 1. The number of benzene rings is 2. The molecule has 3 aromatic rings. The Morgan fingerprint density at radius 3 is 2.71 bits per heavy atom. The van der Waals surface area contributed by atoms with Gasteiger partial charge in [-0.1, -0.05) is 48.5 Å². The number of nitrogens with zero attached hydrogens (tertiary/aromatic N) is 4. The fourth-order valence-corrected chi connectivity index (χ4v) is 4.03. The van der Waals surface area contributed by atoms with Crippen LogP contribution in [0.15, 0.2) is 60.3 Å². The molecule has 0 aliphatic rings. The third kappa shape index (κ3) is 6.36. The van der Waals surface area contributed by atoms with Gasteiger partial charge >= 0.3 is 0 Å². The summed E-state index contributed by atoms with van der Waals surface area (Å²) in [4.78, 5) is 22.9. The molecule has 0 saturated heterocycles. The van der Waals surface area contributed by atoms with E-state index in [1.165, 1.54) is 35.5 Å². The first kappa shape index (κ1) is 25.3. The predicted molar refractivity (Wildman–Crippen MR) is 133 cm³/mol. The van der Waals surface area contributed by atoms with Gasteiger partial charge in [-0.3, -0.25) is 19.5 Å². The number of halogens is 1. The Bertz CT molecular complexity index is 1180. The van der Waals surface area contributed by atoms with E-state index in [2.05, 4.69) is 29.0 Å². The Morgan fingerprint density at radius 1 is 1.32 bits per heavy atom. The Hall–Kier alpha value is -3.37. The molecule has 1 aromatic heterocycles. The van der Waals surface area contributed by atoms with Gasteiger partial charge in [-0.15, -0.1) is 16.8 Å². The van der Waals surface area contributed by atoms with Crippen LogP contribution in [0.4, 0.5) is 11.4 Å². The standard InChI is InChI=1S/C23H24ClN5O4S/c1-4-12-28-22(15(3)33-18-9-6-16(5-2)7-10-18)26-27-23(28)34-14-21(30)25-20-13-17(29(31)32)8-11-19(20)24/h4,6-11,13,15H,1,5,12,14H2,2-3H3,(H,25,30). The van der Waals surface area contributed by atoms with Crippen LogP contribution in [0.5, 0.6) is 5.75 Å². The van der Waals surface area contributed by atoms with Gasteiger partial charge in [0, 0.05) is 18.7 Å². The first-order valence-electron chi connectivity index (χ1n) is 10.5. The van der Waals surface area contributed by atoms with Crippen molar-refractivity contribution < 1.29 is 14.5 Å². The lowest BCUT2D eigenvalue weighted by Crippen LogP contribution is -2.16. The lowest BCUT2D eigenvalue weighted by Gasteiger charge is -2.16. The molecular weight excluding hydrogens is 478 g/mol. The quantitative estimate of drug-likeness (QED) is 0.161. The fraction of sp³-hybridized carbons (Fsp3) is 0.261. The number of carbonyl (C=O) groups excluding carboxylic acids is 1. The van der Waals surface area contributed by atoms with Crippen molar-refractivity contribution in [1.29, 1.82) is 0 Å². The zero-order chi connectivity index (χ0) is 24.7. The molecule has 0 spiro atoms. The third-order valence-electron chi connectivity index (χ3n) is 4.83. The van der Waals surface area contributed by atoms with Gasteiger partial charge in [0.05, 0.1) is 21.4 Å². The zero-order valence-corrected chi connectivity index (χ0v) is 20.3. The summed E-state index contributed by atoms with van der Waals surface area (Å²) in [6, 6.07) is 11.7. The summed E-state index contributed by atoms with van der Waals surface area (Å²) in [5.74, 6) is 0.939. The smallest absolute Gasteiger partial charge is 0.271 e. The lowest BCUT2D eigenvalue weighted by molar-refractivity contribution is -0.384. The van der Waals surface area contributed by atoms with E-state index in [9.17, 15) is 14.9 Å². The van der Waals surface area contributed by atoms with E-state index in [0.717, 1.165) is 12.2 Å². The Morgan fingerprint density at radius 2 is 2.06 bits per heavy atom. The second-order valence-corrected chi connectivity index (χ2v) is 8.61. The first-order chi connectivity index (χ1) is 16.3. The van der Waals surface area contributed by atoms with E-state index in [0.29, 0.717) is 17.5 Å². The van der Waals surface area contributed by atoms with Crippen molar-refractivity contribution in [2.45, 2.75) is 38.1 Å². The number of non-ortho nitro benzene ring substituents is 1. The van der Waals surface area contributed by atoms with Crippen LogP contribution in [-0.2, 0) is 17.8 Å². The molecule has 0 radical (unpaired) electrons. The highest BCUT2D eigenvalue weighted by Gasteiger charge is 2.20. The van der Waals surface area contributed by atoms with E-state index in [1.54, 1.807) is 6.08 Å². The van der Waals surface area contributed by atoms with E-state index < -0.39 is 4.92 Å². The second-order valence-electron chi connectivity index (χ2n) is 7.26. The molecule has 0 aliphatic carbocycles. The van der Waals surface area contributed by atoms with Crippen LogP contribution in [0.1, 0.15) is 31.3 Å². The molecule has 1 atom stereocenters. The number of carbonyl (C=O) groups is 1. The summed E-state index contributed by atoms with van der Waals surface area (Å²) in [6.45, 7) is 8.19. The average Bonchev–Trinajstić information content (AvgIpc) is 3.22. The van der Waals surface area contributed by atoms with Gasteiger partial charge < -0.3 is 10.1 Å². The number of aryl methyl sites for hydroxylation is 1. The number of hydrogen-bond acceptors (Lipinski definition) is 7. The Kier molecular flexibility index (Phi) is 8.67. The summed E-state index contributed by atoms with van der Waals surface area (Å²) >= 11 is 7.23. The molecule has 0 bridgehead atoms. The number of thioether (sulfide) groups is 1.